The largest absolute Gasteiger partial charge is 0.493 e. The monoisotopic (exact) mass is 469 g/mol. The first-order chi connectivity index (χ1) is 15.1. The summed E-state index contributed by atoms with van der Waals surface area (Å²) in [5.41, 5.74) is 0.817. The first kappa shape index (κ1) is 23.8. The van der Waals surface area contributed by atoms with Crippen LogP contribution in [0.15, 0.2) is 41.3 Å². The number of rotatable bonds is 9. The fraction of sp³-hybridized carbons (Fsp3) is 0.364. The number of thioether (sulfide) groups is 1. The van der Waals surface area contributed by atoms with Gasteiger partial charge in [-0.3, -0.25) is 9.59 Å². The zero-order valence-corrected chi connectivity index (χ0v) is 18.2. The van der Waals surface area contributed by atoms with Crippen molar-refractivity contribution in [3.05, 3.63) is 42.0 Å². The third kappa shape index (κ3) is 6.32. The highest BCUT2D eigenvalue weighted by Gasteiger charge is 2.37. The number of carbonyl (C=O) groups excluding carboxylic acids is 1. The second-order valence-electron chi connectivity index (χ2n) is 7.38. The summed E-state index contributed by atoms with van der Waals surface area (Å²) in [7, 11) is 1.40. The number of aliphatic carboxylic acids is 1. The number of carboxylic acid groups (broad SMARTS) is 1. The predicted octanol–water partition coefficient (Wildman–Crippen LogP) is 5.51. The Morgan fingerprint density at radius 2 is 1.84 bits per heavy atom. The first-order valence-corrected chi connectivity index (χ1v) is 10.7. The molecule has 32 heavy (non-hydrogen) atoms. The van der Waals surface area contributed by atoms with Crippen molar-refractivity contribution in [3.63, 3.8) is 0 Å². The standard InChI is InChI=1S/C22H22F3NO5S/c1-12(22(23,24)25)32-19-11-15(26-21(29)14-4-5-14)6-8-17(19)31-18-9-13(10-20(27)28)3-7-16(18)30-2/h3,6-9,11-12,14H,4-5,10H2,1-2H3,(H,26,29)(H,27,28). The topological polar surface area (TPSA) is 84.9 Å². The molecule has 0 spiro atoms. The molecule has 1 saturated carbocycles. The fourth-order valence-corrected chi connectivity index (χ4v) is 3.75. The minimum absolute atomic E-state index is 0.0580. The van der Waals surface area contributed by atoms with E-state index in [4.69, 9.17) is 14.6 Å². The van der Waals surface area contributed by atoms with Crippen LogP contribution in [-0.4, -0.2) is 35.5 Å². The van der Waals surface area contributed by atoms with Crippen molar-refractivity contribution in [3.8, 4) is 17.2 Å². The van der Waals surface area contributed by atoms with Crippen LogP contribution in [0.25, 0.3) is 0 Å². The van der Waals surface area contributed by atoms with Crippen molar-refractivity contribution in [1.82, 2.24) is 0 Å². The number of hydrogen-bond donors (Lipinski definition) is 2. The summed E-state index contributed by atoms with van der Waals surface area (Å²) >= 11 is 0.554. The number of anilines is 1. The molecule has 10 heteroatoms. The van der Waals surface area contributed by atoms with Gasteiger partial charge in [-0.15, -0.1) is 11.8 Å². The van der Waals surface area contributed by atoms with Gasteiger partial charge in [0.25, 0.3) is 0 Å². The molecular weight excluding hydrogens is 447 g/mol. The van der Waals surface area contributed by atoms with Crippen LogP contribution in [0.2, 0.25) is 0 Å². The number of benzene rings is 2. The molecule has 6 nitrogen and oxygen atoms in total. The lowest BCUT2D eigenvalue weighted by Crippen LogP contribution is -2.22. The number of carboxylic acids is 1. The lowest BCUT2D eigenvalue weighted by molar-refractivity contribution is -0.136. The van der Waals surface area contributed by atoms with E-state index in [1.54, 1.807) is 12.1 Å². The highest BCUT2D eigenvalue weighted by atomic mass is 32.2. The molecule has 3 rings (SSSR count). The molecule has 1 amide bonds. The van der Waals surface area contributed by atoms with Gasteiger partial charge in [-0.2, -0.15) is 13.2 Å². The molecule has 2 aromatic carbocycles. The molecule has 1 aliphatic rings. The lowest BCUT2D eigenvalue weighted by Gasteiger charge is -2.19. The van der Waals surface area contributed by atoms with Crippen molar-refractivity contribution < 1.29 is 37.3 Å². The smallest absolute Gasteiger partial charge is 0.400 e. The van der Waals surface area contributed by atoms with E-state index in [9.17, 15) is 22.8 Å². The number of amides is 1. The molecule has 0 aliphatic heterocycles. The molecule has 0 aromatic heterocycles. The molecule has 0 saturated heterocycles. The molecule has 1 aliphatic carbocycles. The Kier molecular flexibility index (Phi) is 7.22. The van der Waals surface area contributed by atoms with Crippen molar-refractivity contribution in [2.75, 3.05) is 12.4 Å². The summed E-state index contributed by atoms with van der Waals surface area (Å²) in [6, 6.07) is 9.02. The third-order valence-corrected chi connectivity index (χ3v) is 5.92. The van der Waals surface area contributed by atoms with Crippen LogP contribution in [0.1, 0.15) is 25.3 Å². The predicted molar refractivity (Wildman–Crippen MR) is 114 cm³/mol. The van der Waals surface area contributed by atoms with Crippen LogP contribution in [-0.2, 0) is 16.0 Å². The zero-order chi connectivity index (χ0) is 23.5. The van der Waals surface area contributed by atoms with Crippen LogP contribution in [0.5, 0.6) is 17.2 Å². The normalized spacial score (nSPS) is 14.5. The Labute approximate surface area is 187 Å². The molecule has 1 unspecified atom stereocenters. The van der Waals surface area contributed by atoms with Crippen LogP contribution in [0.3, 0.4) is 0 Å². The maximum Gasteiger partial charge on any atom is 0.400 e. The van der Waals surface area contributed by atoms with E-state index in [0.29, 0.717) is 28.8 Å². The minimum atomic E-state index is -4.44. The number of methoxy groups -OCH3 is 1. The first-order valence-electron chi connectivity index (χ1n) is 9.81. The quantitative estimate of drug-likeness (QED) is 0.472. The Bertz CT molecular complexity index is 1010. The molecule has 0 bridgehead atoms. The summed E-state index contributed by atoms with van der Waals surface area (Å²) in [5, 5.41) is 10.0. The van der Waals surface area contributed by atoms with Gasteiger partial charge in [0.2, 0.25) is 5.91 Å². The number of hydrogen-bond acceptors (Lipinski definition) is 5. The van der Waals surface area contributed by atoms with E-state index in [-0.39, 0.29) is 34.6 Å². The SMILES string of the molecule is COc1ccc(CC(=O)O)cc1Oc1ccc(NC(=O)C2CC2)cc1SC(C)C(F)(F)F. The zero-order valence-electron chi connectivity index (χ0n) is 17.4. The minimum Gasteiger partial charge on any atom is -0.493 e. The molecule has 2 N–H and O–H groups in total. The van der Waals surface area contributed by atoms with Gasteiger partial charge in [-0.1, -0.05) is 6.07 Å². The van der Waals surface area contributed by atoms with Gasteiger partial charge < -0.3 is 19.9 Å². The summed E-state index contributed by atoms with van der Waals surface area (Å²) in [6.45, 7) is 1.04. The second kappa shape index (κ2) is 9.72. The van der Waals surface area contributed by atoms with E-state index < -0.39 is 17.4 Å². The van der Waals surface area contributed by atoms with Crippen LogP contribution in [0, 0.1) is 5.92 Å². The van der Waals surface area contributed by atoms with E-state index >= 15 is 0 Å². The number of halogens is 3. The Morgan fingerprint density at radius 1 is 1.16 bits per heavy atom. The van der Waals surface area contributed by atoms with Crippen LogP contribution in [0.4, 0.5) is 18.9 Å². The van der Waals surface area contributed by atoms with Gasteiger partial charge in [0.1, 0.15) is 11.0 Å². The van der Waals surface area contributed by atoms with E-state index in [1.165, 1.54) is 31.4 Å². The number of carbonyl (C=O) groups is 2. The van der Waals surface area contributed by atoms with Gasteiger partial charge in [0.05, 0.1) is 18.4 Å². The molecular formula is C22H22F3NO5S. The van der Waals surface area contributed by atoms with Gasteiger partial charge in [0, 0.05) is 11.6 Å². The summed E-state index contributed by atoms with van der Waals surface area (Å²) < 4.78 is 50.7. The van der Waals surface area contributed by atoms with Crippen LogP contribution >= 0.6 is 11.8 Å². The maximum atomic E-state index is 13.2. The molecule has 0 radical (unpaired) electrons. The Balaban J connectivity index is 1.93. The summed E-state index contributed by atoms with van der Waals surface area (Å²) in [4.78, 5) is 23.3. The number of alkyl halides is 3. The highest BCUT2D eigenvalue weighted by molar-refractivity contribution is 8.00. The van der Waals surface area contributed by atoms with Gasteiger partial charge in [-0.25, -0.2) is 0 Å². The second-order valence-corrected chi connectivity index (χ2v) is 8.77. The number of nitrogens with one attached hydrogen (secondary N) is 1. The van der Waals surface area contributed by atoms with E-state index in [1.807, 2.05) is 0 Å². The Morgan fingerprint density at radius 3 is 2.44 bits per heavy atom. The molecule has 2 aromatic rings. The fourth-order valence-electron chi connectivity index (χ4n) is 2.81. The third-order valence-electron chi connectivity index (χ3n) is 4.73. The van der Waals surface area contributed by atoms with Crippen molar-refractivity contribution >= 4 is 29.3 Å². The van der Waals surface area contributed by atoms with E-state index in [2.05, 4.69) is 5.32 Å². The van der Waals surface area contributed by atoms with Gasteiger partial charge in [0.15, 0.2) is 11.5 Å². The Hall–Kier alpha value is -2.88. The van der Waals surface area contributed by atoms with Crippen molar-refractivity contribution in [2.45, 2.75) is 42.5 Å². The molecule has 0 heterocycles. The van der Waals surface area contributed by atoms with E-state index in [0.717, 1.165) is 19.8 Å². The summed E-state index contributed by atoms with van der Waals surface area (Å²) in [6.07, 6.45) is -3.09. The highest BCUT2D eigenvalue weighted by Crippen LogP contribution is 2.43. The number of ether oxygens (including phenoxy) is 2. The maximum absolute atomic E-state index is 13.2. The molecule has 1 atom stereocenters. The van der Waals surface area contributed by atoms with Crippen LogP contribution < -0.4 is 14.8 Å². The average Bonchev–Trinajstić information content (AvgIpc) is 3.54. The van der Waals surface area contributed by atoms with Crippen molar-refractivity contribution in [1.29, 1.82) is 0 Å². The summed E-state index contributed by atoms with van der Waals surface area (Å²) in [5.74, 6) is -0.667. The molecule has 1 fully saturated rings. The van der Waals surface area contributed by atoms with Gasteiger partial charge in [-0.05, 0) is 55.7 Å². The van der Waals surface area contributed by atoms with Gasteiger partial charge >= 0.3 is 12.1 Å². The molecule has 172 valence electrons. The average molecular weight is 469 g/mol. The lowest BCUT2D eigenvalue weighted by atomic mass is 10.1. The van der Waals surface area contributed by atoms with Crippen molar-refractivity contribution in [2.24, 2.45) is 5.92 Å².